The molecule has 6 nitrogen and oxygen atoms in total. The number of aromatic nitrogens is 2. The lowest BCUT2D eigenvalue weighted by atomic mass is 10.1. The summed E-state index contributed by atoms with van der Waals surface area (Å²) in [6.45, 7) is 0. The lowest BCUT2D eigenvalue weighted by Gasteiger charge is -2.22. The predicted molar refractivity (Wildman–Crippen MR) is 83.6 cm³/mol. The second-order valence-electron chi connectivity index (χ2n) is 5.01. The fourth-order valence-electron chi connectivity index (χ4n) is 2.06. The molecule has 0 aliphatic heterocycles. The quantitative estimate of drug-likeness (QED) is 0.931. The van der Waals surface area contributed by atoms with Crippen molar-refractivity contribution in [1.29, 1.82) is 0 Å². The Morgan fingerprint density at radius 3 is 2.41 bits per heavy atom. The van der Waals surface area contributed by atoms with Crippen LogP contribution in [0, 0.1) is 0 Å². The van der Waals surface area contributed by atoms with Gasteiger partial charge < -0.3 is 10.2 Å². The SMILES string of the molecule is CN(C)C(=O)C(NC(=O)c1c(Cl)cnn1C)c1ccccc1. The van der Waals surface area contributed by atoms with E-state index in [2.05, 4.69) is 10.4 Å². The Morgan fingerprint density at radius 2 is 1.91 bits per heavy atom. The van der Waals surface area contributed by atoms with Crippen LogP contribution < -0.4 is 5.32 Å². The summed E-state index contributed by atoms with van der Waals surface area (Å²) in [5.74, 6) is -0.674. The number of rotatable bonds is 4. The molecule has 2 aromatic rings. The normalized spacial score (nSPS) is 11.8. The van der Waals surface area contributed by atoms with E-state index in [-0.39, 0.29) is 16.6 Å². The third-order valence-corrected chi connectivity index (χ3v) is 3.48. The van der Waals surface area contributed by atoms with E-state index < -0.39 is 11.9 Å². The van der Waals surface area contributed by atoms with Gasteiger partial charge in [-0.25, -0.2) is 0 Å². The number of hydrogen-bond donors (Lipinski definition) is 1. The Kier molecular flexibility index (Phi) is 4.82. The van der Waals surface area contributed by atoms with Crippen LogP contribution in [0.1, 0.15) is 22.1 Å². The van der Waals surface area contributed by atoms with Crippen LogP contribution in [0.3, 0.4) is 0 Å². The van der Waals surface area contributed by atoms with E-state index in [0.29, 0.717) is 5.56 Å². The second kappa shape index (κ2) is 6.62. The van der Waals surface area contributed by atoms with Gasteiger partial charge in [-0.1, -0.05) is 41.9 Å². The summed E-state index contributed by atoms with van der Waals surface area (Å²) >= 11 is 5.97. The highest BCUT2D eigenvalue weighted by atomic mass is 35.5. The molecule has 1 unspecified atom stereocenters. The number of aryl methyl sites for hydroxylation is 1. The highest BCUT2D eigenvalue weighted by Gasteiger charge is 2.26. The fourth-order valence-corrected chi connectivity index (χ4v) is 2.31. The summed E-state index contributed by atoms with van der Waals surface area (Å²) in [5, 5.41) is 6.89. The van der Waals surface area contributed by atoms with Crippen LogP contribution >= 0.6 is 11.6 Å². The summed E-state index contributed by atoms with van der Waals surface area (Å²) in [6, 6.07) is 8.27. The average molecular weight is 321 g/mol. The Balaban J connectivity index is 2.31. The van der Waals surface area contributed by atoms with Gasteiger partial charge >= 0.3 is 0 Å². The smallest absolute Gasteiger partial charge is 0.272 e. The molecule has 22 heavy (non-hydrogen) atoms. The first-order chi connectivity index (χ1) is 10.4. The zero-order valence-electron chi connectivity index (χ0n) is 12.6. The number of carbonyl (C=O) groups is 2. The van der Waals surface area contributed by atoms with Crippen molar-refractivity contribution in [3.8, 4) is 0 Å². The molecule has 0 aliphatic rings. The molecule has 2 rings (SSSR count). The number of nitrogens with zero attached hydrogens (tertiary/aromatic N) is 3. The third-order valence-electron chi connectivity index (χ3n) is 3.21. The number of amides is 2. The Bertz CT molecular complexity index is 663. The number of carbonyl (C=O) groups excluding carboxylic acids is 2. The van der Waals surface area contributed by atoms with E-state index in [9.17, 15) is 9.59 Å². The highest BCUT2D eigenvalue weighted by Crippen LogP contribution is 2.18. The minimum absolute atomic E-state index is 0.217. The molecule has 0 radical (unpaired) electrons. The first kappa shape index (κ1) is 16.0. The molecule has 0 bridgehead atoms. The van der Waals surface area contributed by atoms with Crippen LogP contribution in [0.4, 0.5) is 0 Å². The first-order valence-corrected chi connectivity index (χ1v) is 7.04. The number of likely N-dealkylation sites (N-methyl/N-ethyl adjacent to an activating group) is 1. The molecule has 0 saturated heterocycles. The molecule has 116 valence electrons. The van der Waals surface area contributed by atoms with Gasteiger partial charge in [0.25, 0.3) is 5.91 Å². The van der Waals surface area contributed by atoms with Crippen LogP contribution in [-0.4, -0.2) is 40.6 Å². The monoisotopic (exact) mass is 320 g/mol. The second-order valence-corrected chi connectivity index (χ2v) is 5.42. The third kappa shape index (κ3) is 3.28. The van der Waals surface area contributed by atoms with Crippen LogP contribution in [0.2, 0.25) is 5.02 Å². The largest absolute Gasteiger partial charge is 0.347 e. The van der Waals surface area contributed by atoms with E-state index in [1.54, 1.807) is 33.3 Å². The standard InChI is InChI=1S/C15H17ClN4O2/c1-19(2)15(22)12(10-7-5-4-6-8-10)18-14(21)13-11(16)9-17-20(13)3/h4-9,12H,1-3H3,(H,18,21). The van der Waals surface area contributed by atoms with Gasteiger partial charge in [0.1, 0.15) is 11.7 Å². The molecule has 1 atom stereocenters. The van der Waals surface area contributed by atoms with Crippen molar-refractivity contribution in [3.05, 3.63) is 52.8 Å². The minimum Gasteiger partial charge on any atom is -0.347 e. The van der Waals surface area contributed by atoms with Crippen molar-refractivity contribution >= 4 is 23.4 Å². The lowest BCUT2D eigenvalue weighted by molar-refractivity contribution is -0.130. The molecule has 0 spiro atoms. The van der Waals surface area contributed by atoms with E-state index in [1.807, 2.05) is 18.2 Å². The molecule has 1 N–H and O–H groups in total. The van der Waals surface area contributed by atoms with Crippen LogP contribution in [0.15, 0.2) is 36.5 Å². The van der Waals surface area contributed by atoms with Crippen molar-refractivity contribution in [2.75, 3.05) is 14.1 Å². The van der Waals surface area contributed by atoms with Gasteiger partial charge in [-0.05, 0) is 5.56 Å². The number of nitrogens with one attached hydrogen (secondary N) is 1. The maximum absolute atomic E-state index is 12.4. The maximum atomic E-state index is 12.4. The molecule has 1 aromatic heterocycles. The van der Waals surface area contributed by atoms with E-state index in [0.717, 1.165) is 0 Å². The van der Waals surface area contributed by atoms with Gasteiger partial charge in [-0.2, -0.15) is 5.10 Å². The van der Waals surface area contributed by atoms with E-state index in [1.165, 1.54) is 15.8 Å². The minimum atomic E-state index is -0.783. The predicted octanol–water partition coefficient (Wildman–Crippen LogP) is 1.63. The summed E-state index contributed by atoms with van der Waals surface area (Å²) in [6.07, 6.45) is 1.39. The molecule has 1 heterocycles. The van der Waals surface area contributed by atoms with Crippen molar-refractivity contribution in [1.82, 2.24) is 20.0 Å². The average Bonchev–Trinajstić information content (AvgIpc) is 2.83. The van der Waals surface area contributed by atoms with Crippen molar-refractivity contribution in [2.45, 2.75) is 6.04 Å². The summed E-state index contributed by atoms with van der Waals surface area (Å²) in [5.41, 5.74) is 0.919. The number of hydrogen-bond acceptors (Lipinski definition) is 3. The fraction of sp³-hybridized carbons (Fsp3) is 0.267. The van der Waals surface area contributed by atoms with Crippen LogP contribution in [-0.2, 0) is 11.8 Å². The summed E-state index contributed by atoms with van der Waals surface area (Å²) in [7, 11) is 4.90. The molecule has 1 aromatic carbocycles. The van der Waals surface area contributed by atoms with Gasteiger partial charge in [0.05, 0.1) is 11.2 Å². The Labute approximate surface area is 133 Å². The lowest BCUT2D eigenvalue weighted by Crippen LogP contribution is -2.40. The molecule has 0 saturated carbocycles. The van der Waals surface area contributed by atoms with Crippen molar-refractivity contribution in [2.24, 2.45) is 7.05 Å². The highest BCUT2D eigenvalue weighted by molar-refractivity contribution is 6.33. The van der Waals surface area contributed by atoms with Crippen molar-refractivity contribution in [3.63, 3.8) is 0 Å². The van der Waals surface area contributed by atoms with E-state index >= 15 is 0 Å². The summed E-state index contributed by atoms with van der Waals surface area (Å²) < 4.78 is 1.37. The first-order valence-electron chi connectivity index (χ1n) is 6.66. The number of halogens is 1. The molecular formula is C15H17ClN4O2. The van der Waals surface area contributed by atoms with Gasteiger partial charge in [0.15, 0.2) is 0 Å². The Morgan fingerprint density at radius 1 is 1.27 bits per heavy atom. The maximum Gasteiger partial charge on any atom is 0.272 e. The topological polar surface area (TPSA) is 67.2 Å². The molecule has 7 heteroatoms. The molecular weight excluding hydrogens is 304 g/mol. The zero-order chi connectivity index (χ0) is 16.3. The van der Waals surface area contributed by atoms with E-state index in [4.69, 9.17) is 11.6 Å². The number of benzene rings is 1. The van der Waals surface area contributed by atoms with Crippen LogP contribution in [0.5, 0.6) is 0 Å². The Hall–Kier alpha value is -2.34. The zero-order valence-corrected chi connectivity index (χ0v) is 13.3. The van der Waals surface area contributed by atoms with Gasteiger partial charge in [-0.3, -0.25) is 14.3 Å². The van der Waals surface area contributed by atoms with Crippen molar-refractivity contribution < 1.29 is 9.59 Å². The molecule has 2 amide bonds. The van der Waals surface area contributed by atoms with Gasteiger partial charge in [0.2, 0.25) is 5.91 Å². The molecule has 0 fully saturated rings. The summed E-state index contributed by atoms with van der Waals surface area (Å²) in [4.78, 5) is 26.2. The van der Waals surface area contributed by atoms with Gasteiger partial charge in [0, 0.05) is 21.1 Å². The van der Waals surface area contributed by atoms with Crippen LogP contribution in [0.25, 0.3) is 0 Å². The van der Waals surface area contributed by atoms with Gasteiger partial charge in [-0.15, -0.1) is 0 Å². The molecule has 0 aliphatic carbocycles.